The largest absolute Gasteiger partial charge is 0.480 e. The molecule has 2 rings (SSSR count). The Morgan fingerprint density at radius 2 is 1.95 bits per heavy atom. The summed E-state index contributed by atoms with van der Waals surface area (Å²) in [7, 11) is 0. The third-order valence-corrected chi connectivity index (χ3v) is 4.02. The molecule has 108 valence electrons. The van der Waals surface area contributed by atoms with E-state index in [0.717, 1.165) is 12.8 Å². The van der Waals surface area contributed by atoms with Crippen LogP contribution in [0.3, 0.4) is 0 Å². The fraction of sp³-hybridized carbons (Fsp3) is 0.500. The van der Waals surface area contributed by atoms with Crippen LogP contribution in [0.2, 0.25) is 0 Å². The highest BCUT2D eigenvalue weighted by molar-refractivity contribution is 5.96. The number of hydrogen-bond acceptors (Lipinski definition) is 2. The quantitative estimate of drug-likeness (QED) is 0.922. The van der Waals surface area contributed by atoms with Gasteiger partial charge >= 0.3 is 5.97 Å². The average molecular weight is 275 g/mol. The maximum absolute atomic E-state index is 12.5. The number of carboxylic acids is 1. The first-order valence-electron chi connectivity index (χ1n) is 7.15. The number of aryl methyl sites for hydroxylation is 1. The molecule has 4 nitrogen and oxygen atoms in total. The van der Waals surface area contributed by atoms with Gasteiger partial charge in [0, 0.05) is 12.1 Å². The molecule has 2 atom stereocenters. The zero-order chi connectivity index (χ0) is 14.7. The van der Waals surface area contributed by atoms with Gasteiger partial charge in [0.25, 0.3) is 5.91 Å². The van der Waals surface area contributed by atoms with E-state index >= 15 is 0 Å². The third kappa shape index (κ3) is 3.00. The molecule has 0 bridgehead atoms. The molecule has 0 aliphatic carbocycles. The molecule has 1 aromatic rings. The van der Waals surface area contributed by atoms with Gasteiger partial charge in [-0.25, -0.2) is 4.79 Å². The molecule has 1 saturated heterocycles. The molecule has 20 heavy (non-hydrogen) atoms. The number of amides is 1. The van der Waals surface area contributed by atoms with E-state index in [9.17, 15) is 14.7 Å². The lowest BCUT2D eigenvalue weighted by molar-refractivity contribution is -0.144. The van der Waals surface area contributed by atoms with Crippen LogP contribution in [0.25, 0.3) is 0 Å². The number of carboxylic acid groups (broad SMARTS) is 1. The minimum Gasteiger partial charge on any atom is -0.480 e. The molecule has 1 heterocycles. The van der Waals surface area contributed by atoms with Gasteiger partial charge in [-0.1, -0.05) is 26.0 Å². The van der Waals surface area contributed by atoms with Gasteiger partial charge in [0.05, 0.1) is 0 Å². The van der Waals surface area contributed by atoms with Crippen molar-refractivity contribution in [3.8, 4) is 0 Å². The number of carbonyl (C=O) groups is 2. The van der Waals surface area contributed by atoms with Crippen LogP contribution in [0.15, 0.2) is 24.3 Å². The van der Waals surface area contributed by atoms with Crippen LogP contribution in [0.1, 0.15) is 42.6 Å². The molecule has 1 amide bonds. The topological polar surface area (TPSA) is 57.6 Å². The zero-order valence-electron chi connectivity index (χ0n) is 12.0. The predicted molar refractivity (Wildman–Crippen MR) is 76.7 cm³/mol. The lowest BCUT2D eigenvalue weighted by Gasteiger charge is -2.36. The minimum absolute atomic E-state index is 0.174. The second-order valence-electron chi connectivity index (χ2n) is 5.53. The first kappa shape index (κ1) is 14.6. The highest BCUT2D eigenvalue weighted by Crippen LogP contribution is 2.24. The van der Waals surface area contributed by atoms with Gasteiger partial charge in [-0.05, 0) is 42.9 Å². The van der Waals surface area contributed by atoms with Crippen molar-refractivity contribution in [2.75, 3.05) is 6.54 Å². The number of rotatable bonds is 3. The number of carbonyl (C=O) groups excluding carboxylic acids is 1. The van der Waals surface area contributed by atoms with Crippen molar-refractivity contribution >= 4 is 11.9 Å². The van der Waals surface area contributed by atoms with Crippen molar-refractivity contribution in [2.24, 2.45) is 5.92 Å². The molecule has 0 spiro atoms. The lowest BCUT2D eigenvalue weighted by atomic mass is 9.92. The summed E-state index contributed by atoms with van der Waals surface area (Å²) >= 11 is 0. The van der Waals surface area contributed by atoms with E-state index in [2.05, 4.69) is 6.92 Å². The molecule has 1 fully saturated rings. The second-order valence-corrected chi connectivity index (χ2v) is 5.53. The van der Waals surface area contributed by atoms with Crippen molar-refractivity contribution in [3.63, 3.8) is 0 Å². The van der Waals surface area contributed by atoms with Gasteiger partial charge in [-0.15, -0.1) is 0 Å². The normalized spacial score (nSPS) is 22.6. The highest BCUT2D eigenvalue weighted by atomic mass is 16.4. The molecule has 1 aliphatic rings. The van der Waals surface area contributed by atoms with Crippen LogP contribution in [-0.2, 0) is 11.2 Å². The van der Waals surface area contributed by atoms with Crippen molar-refractivity contribution in [3.05, 3.63) is 35.4 Å². The summed E-state index contributed by atoms with van der Waals surface area (Å²) in [5, 5.41) is 9.31. The maximum Gasteiger partial charge on any atom is 0.326 e. The number of piperidine rings is 1. The summed E-state index contributed by atoms with van der Waals surface area (Å²) in [4.78, 5) is 25.3. The summed E-state index contributed by atoms with van der Waals surface area (Å²) in [5.74, 6) is -0.732. The van der Waals surface area contributed by atoms with Crippen molar-refractivity contribution in [1.29, 1.82) is 0 Å². The summed E-state index contributed by atoms with van der Waals surface area (Å²) in [5.41, 5.74) is 1.74. The molecular weight excluding hydrogens is 254 g/mol. The van der Waals surface area contributed by atoms with Gasteiger partial charge in [0.1, 0.15) is 6.04 Å². The van der Waals surface area contributed by atoms with E-state index in [1.807, 2.05) is 19.1 Å². The Labute approximate surface area is 119 Å². The third-order valence-electron chi connectivity index (χ3n) is 4.02. The standard InChI is InChI=1S/C16H21NO3/c1-3-12-4-6-13(7-5-12)15(18)17-9-8-11(2)10-14(17)16(19)20/h4-7,11,14H,3,8-10H2,1-2H3,(H,19,20). The first-order valence-corrected chi connectivity index (χ1v) is 7.15. The summed E-state index contributed by atoms with van der Waals surface area (Å²) in [6.45, 7) is 4.61. The maximum atomic E-state index is 12.5. The van der Waals surface area contributed by atoms with Crippen LogP contribution in [0, 0.1) is 5.92 Å². The van der Waals surface area contributed by atoms with E-state index in [1.165, 1.54) is 10.5 Å². The number of likely N-dealkylation sites (tertiary alicyclic amines) is 1. The summed E-state index contributed by atoms with van der Waals surface area (Å²) in [6.07, 6.45) is 2.32. The highest BCUT2D eigenvalue weighted by Gasteiger charge is 2.35. The molecule has 1 N–H and O–H groups in total. The Balaban J connectivity index is 2.19. The van der Waals surface area contributed by atoms with E-state index in [-0.39, 0.29) is 5.91 Å². The van der Waals surface area contributed by atoms with Crippen molar-refractivity contribution in [1.82, 2.24) is 4.90 Å². The number of aliphatic carboxylic acids is 1. The zero-order valence-corrected chi connectivity index (χ0v) is 12.0. The van der Waals surface area contributed by atoms with Crippen molar-refractivity contribution < 1.29 is 14.7 Å². The summed E-state index contributed by atoms with van der Waals surface area (Å²) in [6, 6.07) is 6.73. The average Bonchev–Trinajstić information content (AvgIpc) is 2.46. The van der Waals surface area contributed by atoms with Crippen LogP contribution in [0.4, 0.5) is 0 Å². The van der Waals surface area contributed by atoms with Gasteiger partial charge in [0.2, 0.25) is 0 Å². The molecule has 0 radical (unpaired) electrons. The second kappa shape index (κ2) is 6.07. The minimum atomic E-state index is -0.907. The van der Waals surface area contributed by atoms with Crippen molar-refractivity contribution in [2.45, 2.75) is 39.2 Å². The van der Waals surface area contributed by atoms with Gasteiger partial charge in [-0.3, -0.25) is 4.79 Å². The molecule has 1 aromatic carbocycles. The van der Waals surface area contributed by atoms with Gasteiger partial charge in [-0.2, -0.15) is 0 Å². The Kier molecular flexibility index (Phi) is 4.42. The van der Waals surface area contributed by atoms with E-state index < -0.39 is 12.0 Å². The van der Waals surface area contributed by atoms with Gasteiger partial charge in [0.15, 0.2) is 0 Å². The molecule has 2 unspecified atom stereocenters. The Bertz CT molecular complexity index is 495. The first-order chi connectivity index (χ1) is 9.52. The Morgan fingerprint density at radius 3 is 2.50 bits per heavy atom. The van der Waals surface area contributed by atoms with Crippen LogP contribution < -0.4 is 0 Å². The fourth-order valence-electron chi connectivity index (χ4n) is 2.67. The molecule has 1 aliphatic heterocycles. The fourth-order valence-corrected chi connectivity index (χ4v) is 2.67. The molecule has 4 heteroatoms. The summed E-state index contributed by atoms with van der Waals surface area (Å²) < 4.78 is 0. The number of hydrogen-bond donors (Lipinski definition) is 1. The van der Waals surface area contributed by atoms with Gasteiger partial charge < -0.3 is 10.0 Å². The number of benzene rings is 1. The number of nitrogens with zero attached hydrogens (tertiary/aromatic N) is 1. The Hall–Kier alpha value is -1.84. The molecular formula is C16H21NO3. The smallest absolute Gasteiger partial charge is 0.326 e. The van der Waals surface area contributed by atoms with E-state index in [4.69, 9.17) is 0 Å². The van der Waals surface area contributed by atoms with Crippen LogP contribution in [-0.4, -0.2) is 34.5 Å². The monoisotopic (exact) mass is 275 g/mol. The van der Waals surface area contributed by atoms with Crippen LogP contribution >= 0.6 is 0 Å². The molecule has 0 saturated carbocycles. The lowest BCUT2D eigenvalue weighted by Crippen LogP contribution is -2.49. The predicted octanol–water partition coefficient (Wildman–Crippen LogP) is 2.57. The Morgan fingerprint density at radius 1 is 1.30 bits per heavy atom. The van der Waals surface area contributed by atoms with E-state index in [1.54, 1.807) is 12.1 Å². The SMILES string of the molecule is CCc1ccc(C(=O)N2CCC(C)CC2C(=O)O)cc1. The molecule has 0 aromatic heterocycles. The van der Waals surface area contributed by atoms with E-state index in [0.29, 0.717) is 24.4 Å². The van der Waals surface area contributed by atoms with Crippen LogP contribution in [0.5, 0.6) is 0 Å².